The molecule has 0 aromatic heterocycles. The molecule has 0 spiro atoms. The predicted molar refractivity (Wildman–Crippen MR) is 60.9 cm³/mol. The van der Waals surface area contributed by atoms with Crippen molar-refractivity contribution in [1.29, 1.82) is 0 Å². The van der Waals surface area contributed by atoms with Gasteiger partial charge in [0.15, 0.2) is 6.10 Å². The number of halogens is 2. The molecular formula is C11H12BrFO3. The molecule has 1 aromatic carbocycles. The predicted octanol–water partition coefficient (Wildman–Crippen LogP) is 2.77. The number of rotatable bonds is 3. The van der Waals surface area contributed by atoms with Gasteiger partial charge in [-0.2, -0.15) is 0 Å². The van der Waals surface area contributed by atoms with Crippen LogP contribution >= 0.6 is 15.9 Å². The third-order valence-corrected chi connectivity index (χ3v) is 2.84. The molecule has 0 saturated carbocycles. The Morgan fingerprint density at radius 1 is 1.50 bits per heavy atom. The van der Waals surface area contributed by atoms with Crippen molar-refractivity contribution in [3.63, 3.8) is 0 Å². The van der Waals surface area contributed by atoms with Crippen molar-refractivity contribution < 1.29 is 19.4 Å². The lowest BCUT2D eigenvalue weighted by Gasteiger charge is -2.17. The van der Waals surface area contributed by atoms with Crippen LogP contribution in [0, 0.1) is 0 Å². The fourth-order valence-corrected chi connectivity index (χ4v) is 2.19. The highest BCUT2D eigenvalue weighted by atomic mass is 79.9. The first kappa shape index (κ1) is 13.1. The van der Waals surface area contributed by atoms with Gasteiger partial charge in [0.05, 0.1) is 0 Å². The van der Waals surface area contributed by atoms with E-state index in [0.29, 0.717) is 10.0 Å². The van der Waals surface area contributed by atoms with Crippen molar-refractivity contribution in [3.05, 3.63) is 33.8 Å². The van der Waals surface area contributed by atoms with Crippen LogP contribution in [0.5, 0.6) is 0 Å². The third-order valence-electron chi connectivity index (χ3n) is 2.18. The zero-order chi connectivity index (χ0) is 12.5. The largest absolute Gasteiger partial charge is 0.479 e. The average molecular weight is 291 g/mol. The van der Waals surface area contributed by atoms with E-state index in [-0.39, 0.29) is 5.56 Å². The average Bonchev–Trinajstić information content (AvgIpc) is 2.14. The first-order valence-corrected chi connectivity index (χ1v) is 5.42. The lowest BCUT2D eigenvalue weighted by atomic mass is 9.97. The molecule has 1 unspecified atom stereocenters. The molecule has 88 valence electrons. The topological polar surface area (TPSA) is 57.5 Å². The summed E-state index contributed by atoms with van der Waals surface area (Å²) in [6, 6.07) is 4.28. The van der Waals surface area contributed by atoms with Gasteiger partial charge in [0.2, 0.25) is 0 Å². The summed E-state index contributed by atoms with van der Waals surface area (Å²) in [6.45, 7) is 2.81. The molecule has 0 heterocycles. The number of aliphatic hydroxyl groups excluding tert-OH is 1. The quantitative estimate of drug-likeness (QED) is 0.900. The monoisotopic (exact) mass is 290 g/mol. The lowest BCUT2D eigenvalue weighted by molar-refractivity contribution is -0.146. The summed E-state index contributed by atoms with van der Waals surface area (Å²) in [5.41, 5.74) is -0.896. The number of benzene rings is 1. The van der Waals surface area contributed by atoms with Crippen molar-refractivity contribution in [2.45, 2.75) is 25.6 Å². The molecular weight excluding hydrogens is 279 g/mol. The summed E-state index contributed by atoms with van der Waals surface area (Å²) in [5, 5.41) is 17.9. The van der Waals surface area contributed by atoms with Crippen molar-refractivity contribution in [2.24, 2.45) is 0 Å². The van der Waals surface area contributed by atoms with Crippen LogP contribution in [0.1, 0.15) is 31.1 Å². The van der Waals surface area contributed by atoms with Crippen LogP contribution < -0.4 is 0 Å². The molecule has 0 aliphatic rings. The third kappa shape index (κ3) is 2.80. The Morgan fingerprint density at radius 2 is 2.06 bits per heavy atom. The zero-order valence-corrected chi connectivity index (χ0v) is 10.5. The summed E-state index contributed by atoms with van der Waals surface area (Å²) in [6.07, 6.45) is -1.59. The van der Waals surface area contributed by atoms with Gasteiger partial charge in [-0.1, -0.05) is 28.1 Å². The van der Waals surface area contributed by atoms with Crippen molar-refractivity contribution >= 4 is 21.9 Å². The second kappa shape index (κ2) is 4.51. The van der Waals surface area contributed by atoms with Gasteiger partial charge in [0, 0.05) is 10.0 Å². The molecule has 0 saturated heterocycles. The number of alkyl halides is 1. The molecule has 1 atom stereocenters. The summed E-state index contributed by atoms with van der Waals surface area (Å²) in [4.78, 5) is 10.6. The highest BCUT2D eigenvalue weighted by Gasteiger charge is 2.23. The first-order chi connectivity index (χ1) is 7.23. The number of hydrogen-bond donors (Lipinski definition) is 2. The van der Waals surface area contributed by atoms with Crippen LogP contribution in [0.2, 0.25) is 0 Å². The Bertz CT molecular complexity index is 412. The molecule has 0 amide bonds. The maximum Gasteiger partial charge on any atom is 0.337 e. The Balaban J connectivity index is 3.14. The Labute approximate surface area is 101 Å². The fourth-order valence-electron chi connectivity index (χ4n) is 1.33. The number of carbonyl (C=O) groups is 1. The van der Waals surface area contributed by atoms with Crippen LogP contribution in [0.3, 0.4) is 0 Å². The molecule has 16 heavy (non-hydrogen) atoms. The fraction of sp³-hybridized carbons (Fsp3) is 0.364. The minimum atomic E-state index is -1.59. The number of aliphatic carboxylic acids is 1. The van der Waals surface area contributed by atoms with Gasteiger partial charge in [0.25, 0.3) is 0 Å². The van der Waals surface area contributed by atoms with Gasteiger partial charge < -0.3 is 10.2 Å². The van der Waals surface area contributed by atoms with E-state index in [9.17, 15) is 14.3 Å². The summed E-state index contributed by atoms with van der Waals surface area (Å²) >= 11 is 3.16. The molecule has 5 heteroatoms. The van der Waals surface area contributed by atoms with E-state index in [0.717, 1.165) is 0 Å². The molecule has 3 nitrogen and oxygen atoms in total. The van der Waals surface area contributed by atoms with E-state index in [1.54, 1.807) is 0 Å². The molecule has 1 rings (SSSR count). The standard InChI is InChI=1S/C11H12BrFO3/c1-11(2,13)7-4-3-6(5-8(7)12)9(14)10(15)16/h3-5,9,14H,1-2H3,(H,15,16). The number of carboxylic acids is 1. The normalized spacial score (nSPS) is 13.6. The van der Waals surface area contributed by atoms with Gasteiger partial charge in [-0.05, 0) is 25.5 Å². The minimum absolute atomic E-state index is 0.215. The van der Waals surface area contributed by atoms with E-state index in [2.05, 4.69) is 15.9 Å². The van der Waals surface area contributed by atoms with E-state index >= 15 is 0 Å². The van der Waals surface area contributed by atoms with Crippen molar-refractivity contribution in [3.8, 4) is 0 Å². The number of aliphatic hydroxyl groups is 1. The van der Waals surface area contributed by atoms with Crippen LogP contribution in [-0.2, 0) is 10.5 Å². The van der Waals surface area contributed by atoms with Gasteiger partial charge in [-0.15, -0.1) is 0 Å². The molecule has 2 N–H and O–H groups in total. The van der Waals surface area contributed by atoms with Crippen LogP contribution in [0.4, 0.5) is 4.39 Å². The smallest absolute Gasteiger partial charge is 0.337 e. The summed E-state index contributed by atoms with van der Waals surface area (Å²) < 4.78 is 14.1. The summed E-state index contributed by atoms with van der Waals surface area (Å²) in [5.74, 6) is -1.33. The first-order valence-electron chi connectivity index (χ1n) is 4.63. The SMILES string of the molecule is CC(C)(F)c1ccc(C(O)C(=O)O)cc1Br. The highest BCUT2D eigenvalue weighted by Crippen LogP contribution is 2.33. The van der Waals surface area contributed by atoms with E-state index < -0.39 is 17.7 Å². The highest BCUT2D eigenvalue weighted by molar-refractivity contribution is 9.10. The Kier molecular flexibility index (Phi) is 3.70. The second-order valence-corrected chi connectivity index (χ2v) is 4.81. The van der Waals surface area contributed by atoms with Gasteiger partial charge in [-0.3, -0.25) is 0 Å². The maximum atomic E-state index is 13.7. The van der Waals surface area contributed by atoms with Gasteiger partial charge in [0.1, 0.15) is 5.67 Å². The second-order valence-electron chi connectivity index (χ2n) is 3.95. The molecule has 0 radical (unpaired) electrons. The zero-order valence-electron chi connectivity index (χ0n) is 8.87. The van der Waals surface area contributed by atoms with Gasteiger partial charge in [-0.25, -0.2) is 9.18 Å². The number of carboxylic acid groups (broad SMARTS) is 1. The molecule has 0 aliphatic heterocycles. The Morgan fingerprint density at radius 3 is 2.44 bits per heavy atom. The van der Waals surface area contributed by atoms with Crippen LogP contribution in [0.25, 0.3) is 0 Å². The van der Waals surface area contributed by atoms with Crippen molar-refractivity contribution in [2.75, 3.05) is 0 Å². The van der Waals surface area contributed by atoms with E-state index in [1.807, 2.05) is 0 Å². The molecule has 1 aromatic rings. The minimum Gasteiger partial charge on any atom is -0.479 e. The van der Waals surface area contributed by atoms with Crippen LogP contribution in [0.15, 0.2) is 22.7 Å². The number of hydrogen-bond acceptors (Lipinski definition) is 2. The van der Waals surface area contributed by atoms with Crippen LogP contribution in [-0.4, -0.2) is 16.2 Å². The van der Waals surface area contributed by atoms with E-state index in [4.69, 9.17) is 5.11 Å². The molecule has 0 aliphatic carbocycles. The lowest BCUT2D eigenvalue weighted by Crippen LogP contribution is -2.13. The molecule has 0 fully saturated rings. The van der Waals surface area contributed by atoms with Crippen molar-refractivity contribution in [1.82, 2.24) is 0 Å². The maximum absolute atomic E-state index is 13.7. The molecule has 0 bridgehead atoms. The summed E-state index contributed by atoms with van der Waals surface area (Å²) in [7, 11) is 0. The van der Waals surface area contributed by atoms with E-state index in [1.165, 1.54) is 32.0 Å². The van der Waals surface area contributed by atoms with Gasteiger partial charge >= 0.3 is 5.97 Å². The Hall–Kier alpha value is -0.940.